The van der Waals surface area contributed by atoms with E-state index in [1.54, 1.807) is 0 Å². The lowest BCUT2D eigenvalue weighted by atomic mass is 10.1. The summed E-state index contributed by atoms with van der Waals surface area (Å²) in [7, 11) is 0. The fourth-order valence-electron chi connectivity index (χ4n) is 0.738. The number of piperidine rings is 1. The molecule has 1 rings (SSSR count). The maximum absolute atomic E-state index is 11.1. The Morgan fingerprint density at radius 3 is 2.50 bits per heavy atom. The first kappa shape index (κ1) is 9.16. The van der Waals surface area contributed by atoms with Gasteiger partial charge in [0.05, 0.1) is 4.83 Å². The molecule has 58 valence electrons. The zero-order valence-corrected chi connectivity index (χ0v) is 9.74. The molecule has 0 aromatic carbocycles. The molecule has 0 aliphatic carbocycles. The van der Waals surface area contributed by atoms with Crippen molar-refractivity contribution in [3.63, 3.8) is 0 Å². The quantitative estimate of drug-likeness (QED) is 0.536. The summed E-state index contributed by atoms with van der Waals surface area (Å²) in [5.74, 6) is 0.146. The number of carbonyl (C=O) groups is 1. The zero-order chi connectivity index (χ0) is 7.72. The molecule has 1 saturated heterocycles. The number of rotatable bonds is 0. The highest BCUT2D eigenvalue weighted by Gasteiger charge is 2.33. The summed E-state index contributed by atoms with van der Waals surface area (Å²) in [6.07, 6.45) is 0. The van der Waals surface area contributed by atoms with Gasteiger partial charge in [0.1, 0.15) is 4.95 Å². The van der Waals surface area contributed by atoms with Crippen molar-refractivity contribution in [2.75, 3.05) is 6.54 Å². The summed E-state index contributed by atoms with van der Waals surface area (Å²) in [5, 5.41) is 3.00. The van der Waals surface area contributed by atoms with Crippen molar-refractivity contribution < 1.29 is 4.79 Å². The lowest BCUT2D eigenvalue weighted by Crippen LogP contribution is -2.49. The molecule has 1 N–H and O–H groups in total. The van der Waals surface area contributed by atoms with Gasteiger partial charge in [0.25, 0.3) is 0 Å². The molecule has 0 aromatic rings. The van der Waals surface area contributed by atoms with E-state index in [2.05, 4.69) is 53.1 Å². The van der Waals surface area contributed by atoms with E-state index in [4.69, 9.17) is 0 Å². The lowest BCUT2D eigenvalue weighted by Gasteiger charge is -2.25. The minimum absolute atomic E-state index is 0.0712. The van der Waals surface area contributed by atoms with Crippen LogP contribution in [0.4, 0.5) is 0 Å². The van der Waals surface area contributed by atoms with Gasteiger partial charge in [-0.1, -0.05) is 47.8 Å². The minimum Gasteiger partial charge on any atom is -0.297 e. The van der Waals surface area contributed by atoms with Crippen LogP contribution < -0.4 is 5.32 Å². The van der Waals surface area contributed by atoms with Gasteiger partial charge in [-0.15, -0.1) is 0 Å². The monoisotopic (exact) mass is 333 g/mol. The molecular formula is C5H6Br3NO. The number of ketones is 1. The third-order valence-electron chi connectivity index (χ3n) is 1.33. The van der Waals surface area contributed by atoms with Gasteiger partial charge in [-0.25, -0.2) is 0 Å². The van der Waals surface area contributed by atoms with Gasteiger partial charge >= 0.3 is 0 Å². The van der Waals surface area contributed by atoms with Crippen molar-refractivity contribution in [3.8, 4) is 0 Å². The molecule has 0 aromatic heterocycles. The van der Waals surface area contributed by atoms with Crippen molar-refractivity contribution in [1.29, 1.82) is 0 Å². The number of nitrogens with one attached hydrogen (secondary N) is 1. The Balaban J connectivity index is 2.60. The van der Waals surface area contributed by atoms with Crippen LogP contribution in [0, 0.1) is 0 Å². The second-order valence-electron chi connectivity index (χ2n) is 2.09. The largest absolute Gasteiger partial charge is 0.297 e. The van der Waals surface area contributed by atoms with E-state index in [0.29, 0.717) is 0 Å². The Bertz CT molecular complexity index is 152. The number of alkyl halides is 3. The molecule has 2 nitrogen and oxygen atoms in total. The first-order chi connectivity index (χ1) is 4.63. The van der Waals surface area contributed by atoms with E-state index in [0.717, 1.165) is 6.54 Å². The Morgan fingerprint density at radius 2 is 2.00 bits per heavy atom. The summed E-state index contributed by atoms with van der Waals surface area (Å²) in [4.78, 5) is 11.1. The standard InChI is InChI=1S/C5H6Br3NO/c6-2-1-9-5(8)4(10)3(2)7/h2-3,5,9H,1H2. The predicted molar refractivity (Wildman–Crippen MR) is 51.2 cm³/mol. The summed E-state index contributed by atoms with van der Waals surface area (Å²) >= 11 is 9.87. The maximum Gasteiger partial charge on any atom is 0.175 e. The molecule has 3 unspecified atom stereocenters. The summed E-state index contributed by atoms with van der Waals surface area (Å²) in [6, 6.07) is 0. The molecule has 0 radical (unpaired) electrons. The van der Waals surface area contributed by atoms with Crippen LogP contribution in [-0.4, -0.2) is 26.9 Å². The highest BCUT2D eigenvalue weighted by atomic mass is 79.9. The fraction of sp³-hybridized carbons (Fsp3) is 0.800. The van der Waals surface area contributed by atoms with Gasteiger partial charge in [0.2, 0.25) is 0 Å². The van der Waals surface area contributed by atoms with Gasteiger partial charge in [0, 0.05) is 11.4 Å². The molecule has 5 heteroatoms. The van der Waals surface area contributed by atoms with Gasteiger partial charge in [0.15, 0.2) is 5.78 Å². The van der Waals surface area contributed by atoms with Crippen LogP contribution in [-0.2, 0) is 4.79 Å². The number of carbonyl (C=O) groups excluding carboxylic acids is 1. The second kappa shape index (κ2) is 3.65. The average Bonchev–Trinajstić information content (AvgIpc) is 1.93. The van der Waals surface area contributed by atoms with Crippen molar-refractivity contribution in [1.82, 2.24) is 5.32 Å². The van der Waals surface area contributed by atoms with Crippen LogP contribution in [0.25, 0.3) is 0 Å². The smallest absolute Gasteiger partial charge is 0.175 e. The normalized spacial score (nSPS) is 41.9. The maximum atomic E-state index is 11.1. The van der Waals surface area contributed by atoms with Gasteiger partial charge < -0.3 is 0 Å². The van der Waals surface area contributed by atoms with E-state index >= 15 is 0 Å². The number of halogens is 3. The molecule has 1 aliphatic heterocycles. The first-order valence-electron chi connectivity index (χ1n) is 2.82. The molecule has 10 heavy (non-hydrogen) atoms. The van der Waals surface area contributed by atoms with Crippen molar-refractivity contribution in [3.05, 3.63) is 0 Å². The van der Waals surface area contributed by atoms with Crippen LogP contribution >= 0.6 is 47.8 Å². The number of Topliss-reactive ketones (excluding diaryl/α,β-unsaturated/α-hetero) is 1. The molecular weight excluding hydrogens is 330 g/mol. The lowest BCUT2D eigenvalue weighted by molar-refractivity contribution is -0.119. The SMILES string of the molecule is O=C1C(Br)NCC(Br)C1Br. The van der Waals surface area contributed by atoms with Gasteiger partial charge in [-0.3, -0.25) is 10.1 Å². The summed E-state index contributed by atoms with van der Waals surface area (Å²) < 4.78 is 0. The molecule has 0 spiro atoms. The summed E-state index contributed by atoms with van der Waals surface area (Å²) in [6.45, 7) is 0.803. The van der Waals surface area contributed by atoms with Gasteiger partial charge in [-0.2, -0.15) is 0 Å². The summed E-state index contributed by atoms with van der Waals surface area (Å²) in [5.41, 5.74) is 0. The van der Waals surface area contributed by atoms with Crippen LogP contribution in [0.2, 0.25) is 0 Å². The van der Waals surface area contributed by atoms with Gasteiger partial charge in [-0.05, 0) is 0 Å². The van der Waals surface area contributed by atoms with Crippen LogP contribution in [0.15, 0.2) is 0 Å². The Labute approximate surface area is 84.5 Å². The second-order valence-corrected chi connectivity index (χ2v) is 5.17. The predicted octanol–water partition coefficient (Wildman–Crippen LogP) is 1.41. The molecule has 0 amide bonds. The highest BCUT2D eigenvalue weighted by molar-refractivity contribution is 9.12. The molecule has 1 heterocycles. The molecule has 1 aliphatic rings. The Kier molecular flexibility index (Phi) is 3.34. The third kappa shape index (κ3) is 1.81. The molecule has 3 atom stereocenters. The average molecular weight is 336 g/mol. The molecule has 0 bridgehead atoms. The van der Waals surface area contributed by atoms with E-state index < -0.39 is 0 Å². The number of hydrogen-bond acceptors (Lipinski definition) is 2. The Morgan fingerprint density at radius 1 is 1.40 bits per heavy atom. The fourth-order valence-corrected chi connectivity index (χ4v) is 2.46. The van der Waals surface area contributed by atoms with Crippen molar-refractivity contribution in [2.45, 2.75) is 14.6 Å². The van der Waals surface area contributed by atoms with E-state index in [1.165, 1.54) is 0 Å². The van der Waals surface area contributed by atoms with E-state index in [9.17, 15) is 4.79 Å². The Hall–Kier alpha value is 1.07. The van der Waals surface area contributed by atoms with Crippen LogP contribution in [0.3, 0.4) is 0 Å². The minimum atomic E-state index is -0.189. The first-order valence-corrected chi connectivity index (χ1v) is 5.57. The van der Waals surface area contributed by atoms with Crippen LogP contribution in [0.1, 0.15) is 0 Å². The third-order valence-corrected chi connectivity index (χ3v) is 4.76. The van der Waals surface area contributed by atoms with Crippen LogP contribution in [0.5, 0.6) is 0 Å². The molecule has 1 fully saturated rings. The highest BCUT2D eigenvalue weighted by Crippen LogP contribution is 2.22. The molecule has 0 saturated carbocycles. The van der Waals surface area contributed by atoms with Crippen molar-refractivity contribution >= 4 is 53.6 Å². The van der Waals surface area contributed by atoms with E-state index in [-0.39, 0.29) is 20.4 Å². The topological polar surface area (TPSA) is 29.1 Å². The van der Waals surface area contributed by atoms with E-state index in [1.807, 2.05) is 0 Å². The number of hydrogen-bond donors (Lipinski definition) is 1. The van der Waals surface area contributed by atoms with Crippen molar-refractivity contribution in [2.24, 2.45) is 0 Å². The zero-order valence-electron chi connectivity index (χ0n) is 4.98.